The molecule has 1 heterocycles. The molecule has 15 heavy (non-hydrogen) atoms. The number of anilines is 2. The van der Waals surface area contributed by atoms with Gasteiger partial charge in [0.05, 0.1) is 17.5 Å². The molecule has 0 aromatic heterocycles. The van der Waals surface area contributed by atoms with Crippen molar-refractivity contribution in [2.45, 2.75) is 4.90 Å². The van der Waals surface area contributed by atoms with Gasteiger partial charge >= 0.3 is 0 Å². The van der Waals surface area contributed by atoms with Crippen LogP contribution in [-0.4, -0.2) is 18.2 Å². The van der Waals surface area contributed by atoms with Gasteiger partial charge in [-0.3, -0.25) is 9.69 Å². The molecule has 0 saturated carbocycles. The molecule has 1 aliphatic heterocycles. The Morgan fingerprint density at radius 1 is 1.60 bits per heavy atom. The van der Waals surface area contributed by atoms with Crippen LogP contribution < -0.4 is 10.6 Å². The number of nitriles is 1. The summed E-state index contributed by atoms with van der Waals surface area (Å²) in [5, 5.41) is 8.65. The van der Waals surface area contributed by atoms with Gasteiger partial charge in [0, 0.05) is 10.6 Å². The van der Waals surface area contributed by atoms with Crippen LogP contribution in [0.5, 0.6) is 0 Å². The van der Waals surface area contributed by atoms with E-state index in [1.807, 2.05) is 12.1 Å². The van der Waals surface area contributed by atoms with E-state index in [4.69, 9.17) is 11.0 Å². The molecule has 0 atom stereocenters. The van der Waals surface area contributed by atoms with Crippen molar-refractivity contribution in [3.05, 3.63) is 18.2 Å². The fourth-order valence-corrected chi connectivity index (χ4v) is 2.38. The Balaban J connectivity index is 2.46. The van der Waals surface area contributed by atoms with Crippen molar-refractivity contribution in [3.8, 4) is 6.07 Å². The molecule has 0 bridgehead atoms. The Kier molecular flexibility index (Phi) is 2.52. The first-order chi connectivity index (χ1) is 7.22. The molecule has 4 nitrogen and oxygen atoms in total. The van der Waals surface area contributed by atoms with Crippen LogP contribution in [0.1, 0.15) is 0 Å². The zero-order valence-electron chi connectivity index (χ0n) is 7.93. The molecule has 76 valence electrons. The molecule has 0 aliphatic carbocycles. The minimum atomic E-state index is -0.0420. The lowest BCUT2D eigenvalue weighted by atomic mass is 10.2. The van der Waals surface area contributed by atoms with E-state index in [1.165, 1.54) is 16.7 Å². The molecule has 0 radical (unpaired) electrons. The highest BCUT2D eigenvalue weighted by atomic mass is 32.2. The van der Waals surface area contributed by atoms with Crippen molar-refractivity contribution < 1.29 is 4.79 Å². The van der Waals surface area contributed by atoms with E-state index in [0.717, 1.165) is 10.6 Å². The van der Waals surface area contributed by atoms with Crippen molar-refractivity contribution in [3.63, 3.8) is 0 Å². The number of carbonyl (C=O) groups is 1. The largest absolute Gasteiger partial charge is 0.399 e. The summed E-state index contributed by atoms with van der Waals surface area (Å²) in [6, 6.07) is 7.39. The number of rotatable bonds is 1. The monoisotopic (exact) mass is 219 g/mol. The van der Waals surface area contributed by atoms with Gasteiger partial charge in [0.1, 0.15) is 6.54 Å². The van der Waals surface area contributed by atoms with Gasteiger partial charge in [-0.15, -0.1) is 11.8 Å². The number of nitrogen functional groups attached to an aromatic ring is 1. The number of benzene rings is 1. The predicted molar refractivity (Wildman–Crippen MR) is 59.5 cm³/mol. The summed E-state index contributed by atoms with van der Waals surface area (Å²) in [5.74, 6) is 0.346. The molecule has 0 spiro atoms. The van der Waals surface area contributed by atoms with Crippen molar-refractivity contribution in [1.29, 1.82) is 5.26 Å². The van der Waals surface area contributed by atoms with Gasteiger partial charge in [-0.25, -0.2) is 0 Å². The van der Waals surface area contributed by atoms with Crippen molar-refractivity contribution in [1.82, 2.24) is 0 Å². The third kappa shape index (κ3) is 1.76. The second kappa shape index (κ2) is 3.83. The van der Waals surface area contributed by atoms with E-state index < -0.39 is 0 Å². The first-order valence-corrected chi connectivity index (χ1v) is 5.40. The Morgan fingerprint density at radius 2 is 2.40 bits per heavy atom. The SMILES string of the molecule is N#CCN1C(=O)CSc2ccc(N)cc21. The average molecular weight is 219 g/mol. The van der Waals surface area contributed by atoms with Gasteiger partial charge in [0.15, 0.2) is 0 Å². The highest BCUT2D eigenvalue weighted by Crippen LogP contribution is 2.36. The van der Waals surface area contributed by atoms with Crippen LogP contribution in [0.15, 0.2) is 23.1 Å². The zero-order valence-corrected chi connectivity index (χ0v) is 8.75. The number of nitrogens with two attached hydrogens (primary N) is 1. The zero-order chi connectivity index (χ0) is 10.8. The van der Waals surface area contributed by atoms with Crippen LogP contribution in [0.2, 0.25) is 0 Å². The number of carbonyl (C=O) groups excluding carboxylic acids is 1. The highest BCUT2D eigenvalue weighted by molar-refractivity contribution is 8.00. The molecular weight excluding hydrogens is 210 g/mol. The van der Waals surface area contributed by atoms with Crippen molar-refractivity contribution in [2.24, 2.45) is 0 Å². The maximum absolute atomic E-state index is 11.6. The van der Waals surface area contributed by atoms with Gasteiger partial charge in [-0.2, -0.15) is 5.26 Å². The molecule has 0 saturated heterocycles. The molecular formula is C10H9N3OS. The van der Waals surface area contributed by atoms with E-state index >= 15 is 0 Å². The molecule has 5 heteroatoms. The van der Waals surface area contributed by atoms with Gasteiger partial charge in [0.2, 0.25) is 5.91 Å². The summed E-state index contributed by atoms with van der Waals surface area (Å²) in [4.78, 5) is 14.0. The lowest BCUT2D eigenvalue weighted by molar-refractivity contribution is -0.116. The summed E-state index contributed by atoms with van der Waals surface area (Å²) in [7, 11) is 0. The van der Waals surface area contributed by atoms with E-state index in [9.17, 15) is 4.79 Å². The highest BCUT2D eigenvalue weighted by Gasteiger charge is 2.24. The number of thioether (sulfide) groups is 1. The fraction of sp³-hybridized carbons (Fsp3) is 0.200. The molecule has 1 aliphatic rings. The van der Waals surface area contributed by atoms with Gasteiger partial charge in [-0.05, 0) is 18.2 Å². The number of fused-ring (bicyclic) bond motifs is 1. The second-order valence-electron chi connectivity index (χ2n) is 3.15. The predicted octanol–water partition coefficient (Wildman–Crippen LogP) is 1.23. The fourth-order valence-electron chi connectivity index (χ4n) is 1.46. The molecule has 1 aromatic rings. The first-order valence-electron chi connectivity index (χ1n) is 4.42. The third-order valence-electron chi connectivity index (χ3n) is 2.15. The maximum Gasteiger partial charge on any atom is 0.238 e. The molecule has 1 amide bonds. The quantitative estimate of drug-likeness (QED) is 0.569. The Bertz CT molecular complexity index is 452. The molecule has 0 fully saturated rings. The van der Waals surface area contributed by atoms with Crippen LogP contribution in [0.25, 0.3) is 0 Å². The minimum Gasteiger partial charge on any atom is -0.399 e. The van der Waals surface area contributed by atoms with Crippen molar-refractivity contribution >= 4 is 29.0 Å². The number of amides is 1. The third-order valence-corrected chi connectivity index (χ3v) is 3.20. The second-order valence-corrected chi connectivity index (χ2v) is 4.17. The Hall–Kier alpha value is -1.67. The maximum atomic E-state index is 11.6. The topological polar surface area (TPSA) is 70.1 Å². The molecule has 1 aromatic carbocycles. The van der Waals surface area contributed by atoms with Crippen molar-refractivity contribution in [2.75, 3.05) is 22.9 Å². The van der Waals surface area contributed by atoms with Crippen LogP contribution in [0.3, 0.4) is 0 Å². The van der Waals surface area contributed by atoms with E-state index in [-0.39, 0.29) is 12.5 Å². The number of nitrogens with zero attached hydrogens (tertiary/aromatic N) is 2. The van der Waals surface area contributed by atoms with Crippen LogP contribution in [0.4, 0.5) is 11.4 Å². The van der Waals surface area contributed by atoms with Crippen LogP contribution in [0, 0.1) is 11.3 Å². The summed E-state index contributed by atoms with van der Waals surface area (Å²) < 4.78 is 0. The van der Waals surface area contributed by atoms with Crippen LogP contribution in [-0.2, 0) is 4.79 Å². The minimum absolute atomic E-state index is 0.0420. The molecule has 2 N–H and O–H groups in total. The van der Waals surface area contributed by atoms with E-state index in [1.54, 1.807) is 12.1 Å². The first kappa shape index (κ1) is 9.87. The lowest BCUT2D eigenvalue weighted by Gasteiger charge is -2.26. The standard InChI is InChI=1S/C10H9N3OS/c11-3-4-13-8-5-7(12)1-2-9(8)15-6-10(13)14/h1-2,5H,4,6,12H2. The summed E-state index contributed by atoms with van der Waals surface area (Å²) in [6.07, 6.45) is 0. The number of hydrogen-bond donors (Lipinski definition) is 1. The van der Waals surface area contributed by atoms with E-state index in [2.05, 4.69) is 0 Å². The number of hydrogen-bond acceptors (Lipinski definition) is 4. The molecule has 2 rings (SSSR count). The lowest BCUT2D eigenvalue weighted by Crippen LogP contribution is -2.35. The Labute approximate surface area is 91.7 Å². The van der Waals surface area contributed by atoms with Gasteiger partial charge in [-0.1, -0.05) is 0 Å². The normalized spacial score (nSPS) is 14.6. The summed E-state index contributed by atoms with van der Waals surface area (Å²) in [5.41, 5.74) is 7.01. The summed E-state index contributed by atoms with van der Waals surface area (Å²) in [6.45, 7) is 0.0792. The average Bonchev–Trinajstić information content (AvgIpc) is 2.23. The van der Waals surface area contributed by atoms with Crippen LogP contribution >= 0.6 is 11.8 Å². The van der Waals surface area contributed by atoms with Gasteiger partial charge < -0.3 is 5.73 Å². The smallest absolute Gasteiger partial charge is 0.238 e. The summed E-state index contributed by atoms with van der Waals surface area (Å²) >= 11 is 1.48. The molecule has 0 unspecified atom stereocenters. The van der Waals surface area contributed by atoms with E-state index in [0.29, 0.717) is 11.4 Å². The Morgan fingerprint density at radius 3 is 3.13 bits per heavy atom. The van der Waals surface area contributed by atoms with Gasteiger partial charge in [0.25, 0.3) is 0 Å².